The number of thioether (sulfide) groups is 1. The average molecular weight is 407 g/mol. The van der Waals surface area contributed by atoms with Gasteiger partial charge in [0.15, 0.2) is 5.17 Å². The first-order chi connectivity index (χ1) is 13.5. The summed E-state index contributed by atoms with van der Waals surface area (Å²) in [4.78, 5) is 14.7. The molecule has 4 rings (SSSR count). The smallest absolute Gasteiger partial charge is 0.255 e. The van der Waals surface area contributed by atoms with Crippen LogP contribution in [0.3, 0.4) is 0 Å². The summed E-state index contributed by atoms with van der Waals surface area (Å²) in [6.07, 6.45) is 0. The zero-order chi connectivity index (χ0) is 19.9. The fraction of sp³-hybridized carbons (Fsp3) is 0.389. The molecule has 2 aliphatic rings. The summed E-state index contributed by atoms with van der Waals surface area (Å²) in [5.41, 5.74) is 5.41. The molecule has 1 fully saturated rings. The number of aliphatic imine (C=N–C) groups is 1. The molecule has 1 aromatic carbocycles. The molecule has 10 heteroatoms. The predicted molar refractivity (Wildman–Crippen MR) is 102 cm³/mol. The van der Waals surface area contributed by atoms with Crippen molar-refractivity contribution < 1.29 is 18.6 Å². The molecule has 0 spiro atoms. The Morgan fingerprint density at radius 1 is 1.36 bits per heavy atom. The van der Waals surface area contributed by atoms with E-state index in [0.29, 0.717) is 23.0 Å². The fourth-order valence-corrected chi connectivity index (χ4v) is 4.78. The van der Waals surface area contributed by atoms with Crippen molar-refractivity contribution in [3.8, 4) is 5.88 Å². The van der Waals surface area contributed by atoms with Gasteiger partial charge in [-0.1, -0.05) is 30.0 Å². The zero-order valence-corrected chi connectivity index (χ0v) is 15.9. The molecule has 2 aliphatic heterocycles. The highest BCUT2D eigenvalue weighted by molar-refractivity contribution is 8.13. The van der Waals surface area contributed by atoms with E-state index < -0.39 is 18.0 Å². The lowest BCUT2D eigenvalue weighted by molar-refractivity contribution is 0.265. The summed E-state index contributed by atoms with van der Waals surface area (Å²) in [5.74, 6) is -0.587. The molecule has 0 saturated carbocycles. The molecule has 2 unspecified atom stereocenters. The van der Waals surface area contributed by atoms with E-state index in [9.17, 15) is 13.9 Å². The fourth-order valence-electron chi connectivity index (χ4n) is 3.80. The maximum absolute atomic E-state index is 14.7. The van der Waals surface area contributed by atoms with E-state index in [1.165, 1.54) is 24.9 Å². The van der Waals surface area contributed by atoms with E-state index in [0.717, 1.165) is 0 Å². The Labute approximate surface area is 164 Å². The van der Waals surface area contributed by atoms with Crippen molar-refractivity contribution in [2.75, 3.05) is 30.9 Å². The molecular formula is C18H19F2N5O2S. The minimum atomic E-state index is -0.884. The van der Waals surface area contributed by atoms with Crippen LogP contribution < -0.4 is 15.4 Å². The largest absolute Gasteiger partial charge is 0.479 e. The Balaban J connectivity index is 1.79. The number of nitrogens with two attached hydrogens (primary N) is 1. The van der Waals surface area contributed by atoms with Crippen LogP contribution in [-0.4, -0.2) is 46.2 Å². The molecule has 1 aromatic heterocycles. The molecule has 3 N–H and O–H groups in total. The third-order valence-corrected chi connectivity index (χ3v) is 6.09. The number of ether oxygens (including phenoxy) is 1. The molecular weight excluding hydrogens is 388 g/mol. The van der Waals surface area contributed by atoms with Crippen molar-refractivity contribution in [1.29, 1.82) is 0 Å². The van der Waals surface area contributed by atoms with Gasteiger partial charge in [0.2, 0.25) is 11.8 Å². The number of aromatic nitrogens is 2. The molecule has 148 valence electrons. The molecule has 0 amide bonds. The number of rotatable bonds is 4. The van der Waals surface area contributed by atoms with Gasteiger partial charge in [0.05, 0.1) is 20.3 Å². The van der Waals surface area contributed by atoms with Gasteiger partial charge in [-0.3, -0.25) is 0 Å². The lowest BCUT2D eigenvalue weighted by Gasteiger charge is -2.34. The van der Waals surface area contributed by atoms with Gasteiger partial charge < -0.3 is 20.5 Å². The van der Waals surface area contributed by atoms with Crippen LogP contribution in [0.25, 0.3) is 0 Å². The van der Waals surface area contributed by atoms with Gasteiger partial charge in [0.25, 0.3) is 5.88 Å². The SMILES string of the molecule is COc1nc(N2CC3CSC(N)=NC3(c3ccccc3F)C2)nc(CO)c1F. The molecule has 2 aromatic rings. The van der Waals surface area contributed by atoms with Crippen LogP contribution in [-0.2, 0) is 12.1 Å². The Hall–Kier alpha value is -2.46. The summed E-state index contributed by atoms with van der Waals surface area (Å²) in [6, 6.07) is 6.51. The van der Waals surface area contributed by atoms with Crippen LogP contribution in [0.1, 0.15) is 11.3 Å². The summed E-state index contributed by atoms with van der Waals surface area (Å²) in [6.45, 7) is 0.172. The molecule has 28 heavy (non-hydrogen) atoms. The number of hydrogen-bond acceptors (Lipinski definition) is 8. The highest BCUT2D eigenvalue weighted by Crippen LogP contribution is 2.47. The summed E-state index contributed by atoms with van der Waals surface area (Å²) < 4.78 is 33.8. The third kappa shape index (κ3) is 2.96. The minimum Gasteiger partial charge on any atom is -0.479 e. The second-order valence-corrected chi connectivity index (χ2v) is 7.73. The van der Waals surface area contributed by atoms with Crippen LogP contribution in [0.15, 0.2) is 29.3 Å². The molecule has 0 radical (unpaired) electrons. The van der Waals surface area contributed by atoms with Gasteiger partial charge in [-0.2, -0.15) is 9.37 Å². The number of nitrogens with zero attached hydrogens (tertiary/aromatic N) is 4. The number of amidine groups is 1. The Morgan fingerprint density at radius 2 is 2.14 bits per heavy atom. The second kappa shape index (κ2) is 7.17. The highest BCUT2D eigenvalue weighted by Gasteiger charge is 2.52. The maximum Gasteiger partial charge on any atom is 0.255 e. The van der Waals surface area contributed by atoms with E-state index in [-0.39, 0.29) is 35.8 Å². The monoisotopic (exact) mass is 407 g/mol. The number of anilines is 1. The van der Waals surface area contributed by atoms with Crippen LogP contribution in [0.2, 0.25) is 0 Å². The van der Waals surface area contributed by atoms with Gasteiger partial charge in [0.1, 0.15) is 17.1 Å². The van der Waals surface area contributed by atoms with Crippen molar-refractivity contribution in [2.45, 2.75) is 12.1 Å². The second-order valence-electron chi connectivity index (χ2n) is 6.69. The lowest BCUT2D eigenvalue weighted by atomic mass is 9.81. The van der Waals surface area contributed by atoms with Gasteiger partial charge in [-0.05, 0) is 6.07 Å². The third-order valence-electron chi connectivity index (χ3n) is 5.13. The number of aliphatic hydroxyl groups excluding tert-OH is 1. The Kier molecular flexibility index (Phi) is 4.84. The number of hydrogen-bond donors (Lipinski definition) is 2. The molecule has 0 aliphatic carbocycles. The topological polar surface area (TPSA) is 96.9 Å². The first-order valence-electron chi connectivity index (χ1n) is 8.68. The summed E-state index contributed by atoms with van der Waals surface area (Å²) in [7, 11) is 1.29. The van der Waals surface area contributed by atoms with Crippen LogP contribution in [0.5, 0.6) is 5.88 Å². The van der Waals surface area contributed by atoms with E-state index >= 15 is 0 Å². The molecule has 0 bridgehead atoms. The highest BCUT2D eigenvalue weighted by atomic mass is 32.2. The van der Waals surface area contributed by atoms with Crippen LogP contribution in [0, 0.1) is 17.6 Å². The van der Waals surface area contributed by atoms with E-state index in [2.05, 4.69) is 15.0 Å². The maximum atomic E-state index is 14.7. The van der Waals surface area contributed by atoms with Crippen LogP contribution in [0.4, 0.5) is 14.7 Å². The molecule has 1 saturated heterocycles. The first-order valence-corrected chi connectivity index (χ1v) is 9.66. The van der Waals surface area contributed by atoms with E-state index in [1.54, 1.807) is 23.1 Å². The van der Waals surface area contributed by atoms with Crippen molar-refractivity contribution in [3.05, 3.63) is 47.2 Å². The van der Waals surface area contributed by atoms with Crippen molar-refractivity contribution in [3.63, 3.8) is 0 Å². The predicted octanol–water partition coefficient (Wildman–Crippen LogP) is 1.65. The normalized spacial score (nSPS) is 24.1. The molecule has 3 heterocycles. The van der Waals surface area contributed by atoms with Crippen molar-refractivity contribution in [2.24, 2.45) is 16.6 Å². The van der Waals surface area contributed by atoms with Crippen LogP contribution >= 0.6 is 11.8 Å². The molecule has 2 atom stereocenters. The van der Waals surface area contributed by atoms with Crippen molar-refractivity contribution >= 4 is 22.9 Å². The van der Waals surface area contributed by atoms with E-state index in [1.807, 2.05) is 0 Å². The quantitative estimate of drug-likeness (QED) is 0.795. The number of fused-ring (bicyclic) bond motifs is 1. The van der Waals surface area contributed by atoms with Crippen molar-refractivity contribution in [1.82, 2.24) is 9.97 Å². The van der Waals surface area contributed by atoms with Gasteiger partial charge in [-0.25, -0.2) is 14.4 Å². The molecule has 7 nitrogen and oxygen atoms in total. The van der Waals surface area contributed by atoms with Gasteiger partial charge in [0, 0.05) is 23.8 Å². The van der Waals surface area contributed by atoms with Gasteiger partial charge in [-0.15, -0.1) is 0 Å². The number of halogens is 2. The average Bonchev–Trinajstić information content (AvgIpc) is 3.08. The number of aliphatic hydroxyl groups is 1. The number of benzene rings is 1. The first kappa shape index (κ1) is 18.9. The zero-order valence-electron chi connectivity index (χ0n) is 15.1. The summed E-state index contributed by atoms with van der Waals surface area (Å²) in [5, 5.41) is 9.81. The standard InChI is InChI=1S/C18H19F2N5O2S/c1-27-15-14(20)13(7-26)22-17(23-15)25-6-10-8-28-16(21)24-18(10,9-25)11-4-2-3-5-12(11)19/h2-5,10,26H,6-9H2,1H3,(H2,21,24). The summed E-state index contributed by atoms with van der Waals surface area (Å²) >= 11 is 1.42. The van der Waals surface area contributed by atoms with Gasteiger partial charge >= 0.3 is 0 Å². The Morgan fingerprint density at radius 3 is 2.86 bits per heavy atom. The van der Waals surface area contributed by atoms with E-state index in [4.69, 9.17) is 10.5 Å². The number of methoxy groups -OCH3 is 1. The minimum absolute atomic E-state index is 0.0427. The lowest BCUT2D eigenvalue weighted by Crippen LogP contribution is -2.40. The Bertz CT molecular complexity index is 919.